The van der Waals surface area contributed by atoms with E-state index in [1.807, 2.05) is 13.0 Å². The first-order chi connectivity index (χ1) is 8.19. The number of methoxy groups -OCH3 is 1. The normalized spacial score (nSPS) is 12.7. The highest BCUT2D eigenvalue weighted by atomic mass is 19.1. The van der Waals surface area contributed by atoms with Crippen molar-refractivity contribution in [1.82, 2.24) is 5.32 Å². The second-order valence-electron chi connectivity index (χ2n) is 4.29. The van der Waals surface area contributed by atoms with Crippen LogP contribution in [0.3, 0.4) is 0 Å². The van der Waals surface area contributed by atoms with E-state index in [9.17, 15) is 4.39 Å². The minimum atomic E-state index is -0.175. The van der Waals surface area contributed by atoms with Crippen LogP contribution in [0.2, 0.25) is 0 Å². The Labute approximate surface area is 103 Å². The summed E-state index contributed by atoms with van der Waals surface area (Å²) in [5.41, 5.74) is 2.16. The Balaban J connectivity index is 2.82. The smallest absolute Gasteiger partial charge is 0.123 e. The molecule has 0 fully saturated rings. The summed E-state index contributed by atoms with van der Waals surface area (Å²) in [6.07, 6.45) is 1.93. The molecule has 1 rings (SSSR count). The molecule has 96 valence electrons. The van der Waals surface area contributed by atoms with Crippen molar-refractivity contribution in [3.63, 3.8) is 0 Å². The number of aryl methyl sites for hydroxylation is 1. The highest BCUT2D eigenvalue weighted by Crippen LogP contribution is 2.22. The number of benzene rings is 1. The Morgan fingerprint density at radius 1 is 1.41 bits per heavy atom. The van der Waals surface area contributed by atoms with Crippen molar-refractivity contribution in [2.75, 3.05) is 20.3 Å². The fourth-order valence-electron chi connectivity index (χ4n) is 1.91. The van der Waals surface area contributed by atoms with Crippen LogP contribution in [-0.4, -0.2) is 20.3 Å². The van der Waals surface area contributed by atoms with Crippen molar-refractivity contribution in [3.05, 3.63) is 35.1 Å². The van der Waals surface area contributed by atoms with E-state index in [-0.39, 0.29) is 11.9 Å². The SMILES string of the molecule is CCCNC(CCOC)c1cc(F)ccc1C. The van der Waals surface area contributed by atoms with E-state index >= 15 is 0 Å². The summed E-state index contributed by atoms with van der Waals surface area (Å²) in [4.78, 5) is 0. The van der Waals surface area contributed by atoms with E-state index in [0.717, 1.165) is 30.5 Å². The van der Waals surface area contributed by atoms with E-state index in [1.54, 1.807) is 13.2 Å². The van der Waals surface area contributed by atoms with Crippen LogP contribution in [0.5, 0.6) is 0 Å². The zero-order valence-corrected chi connectivity index (χ0v) is 10.9. The molecule has 0 spiro atoms. The third-order valence-corrected chi connectivity index (χ3v) is 2.87. The van der Waals surface area contributed by atoms with Crippen molar-refractivity contribution >= 4 is 0 Å². The molecule has 1 atom stereocenters. The van der Waals surface area contributed by atoms with Gasteiger partial charge in [0.2, 0.25) is 0 Å². The lowest BCUT2D eigenvalue weighted by atomic mass is 9.98. The maximum atomic E-state index is 13.3. The zero-order chi connectivity index (χ0) is 12.7. The number of hydrogen-bond donors (Lipinski definition) is 1. The topological polar surface area (TPSA) is 21.3 Å². The monoisotopic (exact) mass is 239 g/mol. The number of hydrogen-bond acceptors (Lipinski definition) is 2. The minimum absolute atomic E-state index is 0.172. The number of ether oxygens (including phenoxy) is 1. The predicted molar refractivity (Wildman–Crippen MR) is 68.7 cm³/mol. The first-order valence-corrected chi connectivity index (χ1v) is 6.17. The molecule has 0 heterocycles. The Morgan fingerprint density at radius 2 is 2.18 bits per heavy atom. The summed E-state index contributed by atoms with van der Waals surface area (Å²) in [6.45, 7) is 5.75. The van der Waals surface area contributed by atoms with Gasteiger partial charge < -0.3 is 10.1 Å². The van der Waals surface area contributed by atoms with Gasteiger partial charge in [0, 0.05) is 19.8 Å². The summed E-state index contributed by atoms with van der Waals surface area (Å²) in [5.74, 6) is -0.175. The summed E-state index contributed by atoms with van der Waals surface area (Å²) in [5, 5.41) is 3.44. The van der Waals surface area contributed by atoms with Crippen molar-refractivity contribution in [2.45, 2.75) is 32.7 Å². The zero-order valence-electron chi connectivity index (χ0n) is 10.9. The lowest BCUT2D eigenvalue weighted by Crippen LogP contribution is -2.24. The highest BCUT2D eigenvalue weighted by Gasteiger charge is 2.13. The molecule has 0 saturated heterocycles. The number of nitrogens with one attached hydrogen (secondary N) is 1. The Kier molecular flexibility index (Phi) is 6.16. The van der Waals surface area contributed by atoms with Gasteiger partial charge in [-0.3, -0.25) is 0 Å². The van der Waals surface area contributed by atoms with Crippen LogP contribution >= 0.6 is 0 Å². The fraction of sp³-hybridized carbons (Fsp3) is 0.571. The van der Waals surface area contributed by atoms with Gasteiger partial charge in [0.1, 0.15) is 5.82 Å². The molecule has 0 bridgehead atoms. The summed E-state index contributed by atoms with van der Waals surface area (Å²) in [7, 11) is 1.69. The second kappa shape index (κ2) is 7.41. The largest absolute Gasteiger partial charge is 0.385 e. The average molecular weight is 239 g/mol. The van der Waals surface area contributed by atoms with Crippen LogP contribution in [0.4, 0.5) is 4.39 Å². The van der Waals surface area contributed by atoms with Crippen molar-refractivity contribution < 1.29 is 9.13 Å². The highest BCUT2D eigenvalue weighted by molar-refractivity contribution is 5.29. The summed E-state index contributed by atoms with van der Waals surface area (Å²) < 4.78 is 18.4. The molecule has 2 nitrogen and oxygen atoms in total. The standard InChI is InChI=1S/C14H22FNO/c1-4-8-16-14(7-9-17-3)13-10-12(15)6-5-11(13)2/h5-6,10,14,16H,4,7-9H2,1-3H3. The molecular weight excluding hydrogens is 217 g/mol. The molecule has 0 aliphatic rings. The van der Waals surface area contributed by atoms with Gasteiger partial charge in [-0.1, -0.05) is 13.0 Å². The van der Waals surface area contributed by atoms with Gasteiger partial charge in [-0.2, -0.15) is 0 Å². The Morgan fingerprint density at radius 3 is 2.82 bits per heavy atom. The molecule has 3 heteroatoms. The van der Waals surface area contributed by atoms with Crippen LogP contribution < -0.4 is 5.32 Å². The first kappa shape index (κ1) is 14.1. The van der Waals surface area contributed by atoms with Gasteiger partial charge in [0.15, 0.2) is 0 Å². The van der Waals surface area contributed by atoms with Crippen LogP contribution in [-0.2, 0) is 4.74 Å². The molecule has 0 aliphatic carbocycles. The minimum Gasteiger partial charge on any atom is -0.385 e. The van der Waals surface area contributed by atoms with E-state index in [4.69, 9.17) is 4.74 Å². The quantitative estimate of drug-likeness (QED) is 0.789. The maximum absolute atomic E-state index is 13.3. The molecule has 1 N–H and O–H groups in total. The molecular formula is C14H22FNO. The van der Waals surface area contributed by atoms with Crippen LogP contribution in [0, 0.1) is 12.7 Å². The average Bonchev–Trinajstić information content (AvgIpc) is 2.33. The third kappa shape index (κ3) is 4.44. The van der Waals surface area contributed by atoms with Crippen molar-refractivity contribution in [1.29, 1.82) is 0 Å². The molecule has 0 radical (unpaired) electrons. The van der Waals surface area contributed by atoms with Gasteiger partial charge in [-0.25, -0.2) is 4.39 Å². The molecule has 0 aromatic heterocycles. The first-order valence-electron chi connectivity index (χ1n) is 6.17. The van der Waals surface area contributed by atoms with E-state index in [1.165, 1.54) is 6.07 Å². The Hall–Kier alpha value is -0.930. The van der Waals surface area contributed by atoms with Gasteiger partial charge in [0.05, 0.1) is 0 Å². The van der Waals surface area contributed by atoms with Crippen molar-refractivity contribution in [3.8, 4) is 0 Å². The molecule has 0 amide bonds. The number of rotatable bonds is 7. The second-order valence-corrected chi connectivity index (χ2v) is 4.29. The fourth-order valence-corrected chi connectivity index (χ4v) is 1.91. The van der Waals surface area contributed by atoms with Gasteiger partial charge >= 0.3 is 0 Å². The van der Waals surface area contributed by atoms with Gasteiger partial charge in [-0.05, 0) is 49.6 Å². The maximum Gasteiger partial charge on any atom is 0.123 e. The Bertz CT molecular complexity index is 333. The van der Waals surface area contributed by atoms with E-state index < -0.39 is 0 Å². The number of halogens is 1. The van der Waals surface area contributed by atoms with Crippen molar-refractivity contribution in [2.24, 2.45) is 0 Å². The van der Waals surface area contributed by atoms with Crippen LogP contribution in [0.1, 0.15) is 36.9 Å². The van der Waals surface area contributed by atoms with E-state index in [2.05, 4.69) is 12.2 Å². The van der Waals surface area contributed by atoms with Gasteiger partial charge in [-0.15, -0.1) is 0 Å². The predicted octanol–water partition coefficient (Wildman–Crippen LogP) is 3.21. The van der Waals surface area contributed by atoms with E-state index in [0.29, 0.717) is 6.61 Å². The van der Waals surface area contributed by atoms with Crippen LogP contribution in [0.25, 0.3) is 0 Å². The molecule has 1 aromatic rings. The lowest BCUT2D eigenvalue weighted by Gasteiger charge is -2.20. The lowest BCUT2D eigenvalue weighted by molar-refractivity contribution is 0.182. The molecule has 0 aliphatic heterocycles. The summed E-state index contributed by atoms with van der Waals surface area (Å²) in [6, 6.07) is 5.13. The third-order valence-electron chi connectivity index (χ3n) is 2.87. The molecule has 1 unspecified atom stereocenters. The summed E-state index contributed by atoms with van der Waals surface area (Å²) >= 11 is 0. The molecule has 1 aromatic carbocycles. The molecule has 17 heavy (non-hydrogen) atoms. The van der Waals surface area contributed by atoms with Gasteiger partial charge in [0.25, 0.3) is 0 Å². The van der Waals surface area contributed by atoms with Crippen LogP contribution in [0.15, 0.2) is 18.2 Å². The molecule has 0 saturated carbocycles.